The van der Waals surface area contributed by atoms with Gasteiger partial charge in [-0.1, -0.05) is 0 Å². The van der Waals surface area contributed by atoms with Crippen molar-refractivity contribution in [3.05, 3.63) is 53.2 Å². The maximum Gasteiger partial charge on any atom is 0.435 e. The highest BCUT2D eigenvalue weighted by atomic mass is 19.4. The van der Waals surface area contributed by atoms with Crippen LogP contribution in [0.4, 0.5) is 23.2 Å². The molecular weight excluding hydrogens is 430 g/mol. The summed E-state index contributed by atoms with van der Waals surface area (Å²) in [5.74, 6) is -0.761. The number of carbonyl (C=O) groups is 1. The zero-order valence-electron chi connectivity index (χ0n) is 16.9. The van der Waals surface area contributed by atoms with Gasteiger partial charge in [0.05, 0.1) is 29.9 Å². The summed E-state index contributed by atoms with van der Waals surface area (Å²) in [7, 11) is 0. The molecule has 7 nitrogen and oxygen atoms in total. The van der Waals surface area contributed by atoms with Crippen molar-refractivity contribution in [1.82, 2.24) is 19.6 Å². The molecule has 2 aromatic heterocycles. The van der Waals surface area contributed by atoms with Crippen molar-refractivity contribution in [1.29, 1.82) is 0 Å². The first kappa shape index (κ1) is 20.5. The van der Waals surface area contributed by atoms with Crippen molar-refractivity contribution < 1.29 is 27.1 Å². The van der Waals surface area contributed by atoms with E-state index in [0.29, 0.717) is 37.2 Å². The molecule has 0 radical (unpaired) electrons. The standard InChI is InChI=1S/C21H19F4N5O2/c22-13-5-7-14(8-6-13)30-16-4-1-9-28(17(16)11-26-30)18(31)12-29-20-15(3-2-10-32-20)19(27-29)21(23,24)25/h5-8,11H,1-4,9-10,12H2. The molecule has 11 heteroatoms. The van der Waals surface area contributed by atoms with Crippen LogP contribution in [0.2, 0.25) is 0 Å². The van der Waals surface area contributed by atoms with E-state index in [1.165, 1.54) is 17.0 Å². The van der Waals surface area contributed by atoms with Crippen molar-refractivity contribution in [2.45, 2.75) is 38.4 Å². The molecule has 4 heterocycles. The number of hydrogen-bond acceptors (Lipinski definition) is 4. The number of aromatic nitrogens is 4. The van der Waals surface area contributed by atoms with E-state index in [4.69, 9.17) is 4.74 Å². The van der Waals surface area contributed by atoms with Crippen LogP contribution in [0.1, 0.15) is 29.8 Å². The van der Waals surface area contributed by atoms with E-state index in [1.807, 2.05) is 0 Å². The Morgan fingerprint density at radius 3 is 2.66 bits per heavy atom. The quantitative estimate of drug-likeness (QED) is 0.574. The predicted molar refractivity (Wildman–Crippen MR) is 105 cm³/mol. The number of nitrogens with zero attached hydrogens (tertiary/aromatic N) is 5. The van der Waals surface area contributed by atoms with Crippen LogP contribution in [-0.2, 0) is 30.4 Å². The number of alkyl halides is 3. The summed E-state index contributed by atoms with van der Waals surface area (Å²) < 4.78 is 61.6. The molecule has 1 aromatic carbocycles. The molecule has 32 heavy (non-hydrogen) atoms. The van der Waals surface area contributed by atoms with Crippen LogP contribution in [0.5, 0.6) is 5.88 Å². The molecule has 0 aliphatic carbocycles. The lowest BCUT2D eigenvalue weighted by Gasteiger charge is -2.27. The van der Waals surface area contributed by atoms with Crippen LogP contribution in [0.3, 0.4) is 0 Å². The SMILES string of the molecule is O=C(Cn1nc(C(F)(F)F)c2c1OCCC2)N1CCCc2c1cnn2-c1ccc(F)cc1. The topological polar surface area (TPSA) is 65.2 Å². The predicted octanol–water partition coefficient (Wildman–Crippen LogP) is 3.53. The zero-order valence-corrected chi connectivity index (χ0v) is 16.9. The van der Waals surface area contributed by atoms with E-state index in [1.54, 1.807) is 23.0 Å². The summed E-state index contributed by atoms with van der Waals surface area (Å²) in [4.78, 5) is 14.6. The van der Waals surface area contributed by atoms with Crippen LogP contribution in [0.25, 0.3) is 5.69 Å². The van der Waals surface area contributed by atoms with Gasteiger partial charge >= 0.3 is 6.18 Å². The summed E-state index contributed by atoms with van der Waals surface area (Å²) in [5.41, 5.74) is 1.03. The third-order valence-electron chi connectivity index (χ3n) is 5.67. The Morgan fingerprint density at radius 1 is 1.12 bits per heavy atom. The van der Waals surface area contributed by atoms with Gasteiger partial charge in [0.15, 0.2) is 5.69 Å². The summed E-state index contributed by atoms with van der Waals surface area (Å²) >= 11 is 0. The molecule has 0 atom stereocenters. The first-order chi connectivity index (χ1) is 15.3. The van der Waals surface area contributed by atoms with Crippen molar-refractivity contribution in [2.24, 2.45) is 0 Å². The van der Waals surface area contributed by atoms with Gasteiger partial charge < -0.3 is 9.64 Å². The molecule has 0 spiro atoms. The van der Waals surface area contributed by atoms with Crippen molar-refractivity contribution in [2.75, 3.05) is 18.1 Å². The van der Waals surface area contributed by atoms with Crippen LogP contribution >= 0.6 is 0 Å². The van der Waals surface area contributed by atoms with Crippen molar-refractivity contribution in [3.63, 3.8) is 0 Å². The zero-order chi connectivity index (χ0) is 22.5. The van der Waals surface area contributed by atoms with Gasteiger partial charge in [-0.2, -0.15) is 23.4 Å². The third-order valence-corrected chi connectivity index (χ3v) is 5.67. The van der Waals surface area contributed by atoms with Crippen molar-refractivity contribution >= 4 is 11.6 Å². The molecule has 0 unspecified atom stereocenters. The van der Waals surface area contributed by atoms with Crippen molar-refractivity contribution in [3.8, 4) is 11.6 Å². The maximum atomic E-state index is 13.4. The molecule has 0 saturated heterocycles. The van der Waals surface area contributed by atoms with Crippen LogP contribution < -0.4 is 9.64 Å². The Labute approximate surface area is 180 Å². The minimum absolute atomic E-state index is 0.0000117. The highest BCUT2D eigenvalue weighted by molar-refractivity contribution is 5.94. The molecule has 0 fully saturated rings. The second-order valence-electron chi connectivity index (χ2n) is 7.75. The highest BCUT2D eigenvalue weighted by Gasteiger charge is 2.41. The van der Waals surface area contributed by atoms with E-state index in [9.17, 15) is 22.4 Å². The minimum Gasteiger partial charge on any atom is -0.478 e. The number of hydrogen-bond donors (Lipinski definition) is 0. The molecule has 1 amide bonds. The fourth-order valence-corrected chi connectivity index (χ4v) is 4.25. The third kappa shape index (κ3) is 3.51. The Kier molecular flexibility index (Phi) is 4.90. The lowest BCUT2D eigenvalue weighted by atomic mass is 10.1. The van der Waals surface area contributed by atoms with Crippen LogP contribution in [0.15, 0.2) is 30.5 Å². The molecule has 0 saturated carbocycles. The number of amides is 1. The highest BCUT2D eigenvalue weighted by Crippen LogP contribution is 2.38. The van der Waals surface area contributed by atoms with E-state index in [0.717, 1.165) is 10.4 Å². The van der Waals surface area contributed by atoms with Gasteiger partial charge in [-0.25, -0.2) is 13.8 Å². The van der Waals surface area contributed by atoms with Gasteiger partial charge in [-0.3, -0.25) is 4.79 Å². The summed E-state index contributed by atoms with van der Waals surface area (Å²) in [6.45, 7) is 0.319. The Bertz CT molecular complexity index is 1170. The van der Waals surface area contributed by atoms with Gasteiger partial charge in [-0.15, -0.1) is 0 Å². The summed E-state index contributed by atoms with van der Waals surface area (Å²) in [6.07, 6.45) is -1.08. The van der Waals surface area contributed by atoms with Gasteiger partial charge in [0, 0.05) is 12.1 Å². The maximum absolute atomic E-state index is 13.4. The number of fused-ring (bicyclic) bond motifs is 2. The molecule has 2 aliphatic rings. The van der Waals surface area contributed by atoms with Gasteiger partial charge in [-0.05, 0) is 49.9 Å². The average Bonchev–Trinajstić information content (AvgIpc) is 3.36. The second kappa shape index (κ2) is 7.64. The smallest absolute Gasteiger partial charge is 0.435 e. The first-order valence-corrected chi connectivity index (χ1v) is 10.3. The number of anilines is 1. The lowest BCUT2D eigenvalue weighted by Crippen LogP contribution is -2.38. The molecule has 5 rings (SSSR count). The number of carbonyl (C=O) groups excluding carboxylic acids is 1. The van der Waals surface area contributed by atoms with E-state index >= 15 is 0 Å². The van der Waals surface area contributed by atoms with Crippen LogP contribution in [0, 0.1) is 5.82 Å². The fraction of sp³-hybridized carbons (Fsp3) is 0.381. The number of ether oxygens (including phenoxy) is 1. The van der Waals surface area contributed by atoms with E-state index in [2.05, 4.69) is 10.2 Å². The molecule has 0 N–H and O–H groups in total. The van der Waals surface area contributed by atoms with E-state index < -0.39 is 17.8 Å². The van der Waals surface area contributed by atoms with Gasteiger partial charge in [0.2, 0.25) is 11.8 Å². The average molecular weight is 449 g/mol. The van der Waals surface area contributed by atoms with Gasteiger partial charge in [0.25, 0.3) is 0 Å². The number of halogens is 4. The van der Waals surface area contributed by atoms with Crippen LogP contribution in [-0.4, -0.2) is 38.6 Å². The minimum atomic E-state index is -4.62. The second-order valence-corrected chi connectivity index (χ2v) is 7.75. The molecular formula is C21H19F4N5O2. The molecule has 0 bridgehead atoms. The molecule has 168 valence electrons. The monoisotopic (exact) mass is 449 g/mol. The summed E-state index contributed by atoms with van der Waals surface area (Å²) in [5, 5.41) is 8.03. The van der Waals surface area contributed by atoms with E-state index in [-0.39, 0.29) is 36.8 Å². The fourth-order valence-electron chi connectivity index (χ4n) is 4.25. The number of benzene rings is 1. The Balaban J connectivity index is 1.44. The molecule has 2 aliphatic heterocycles. The Morgan fingerprint density at radius 2 is 1.91 bits per heavy atom. The lowest BCUT2D eigenvalue weighted by molar-refractivity contribution is -0.142. The summed E-state index contributed by atoms with van der Waals surface area (Å²) in [6, 6.07) is 5.84. The van der Waals surface area contributed by atoms with Gasteiger partial charge in [0.1, 0.15) is 12.4 Å². The normalized spacial score (nSPS) is 15.8. The largest absolute Gasteiger partial charge is 0.478 e. The molecule has 3 aromatic rings. The number of rotatable bonds is 3. The first-order valence-electron chi connectivity index (χ1n) is 10.3. The Hall–Kier alpha value is -3.37.